The van der Waals surface area contributed by atoms with E-state index in [1.165, 1.54) is 0 Å². The molecular weight excluding hydrogens is 300 g/mol. The van der Waals surface area contributed by atoms with Crippen LogP contribution in [-0.2, 0) is 9.53 Å². The van der Waals surface area contributed by atoms with Crippen LogP contribution in [0.2, 0.25) is 0 Å². The van der Waals surface area contributed by atoms with E-state index in [0.717, 1.165) is 4.47 Å². The third kappa shape index (κ3) is 4.29. The van der Waals surface area contributed by atoms with E-state index in [4.69, 9.17) is 15.2 Å². The fourth-order valence-corrected chi connectivity index (χ4v) is 1.67. The highest BCUT2D eigenvalue weighted by Gasteiger charge is 2.14. The van der Waals surface area contributed by atoms with Gasteiger partial charge in [0.1, 0.15) is 5.75 Å². The van der Waals surface area contributed by atoms with Crippen molar-refractivity contribution in [2.75, 3.05) is 26.1 Å². The van der Waals surface area contributed by atoms with Gasteiger partial charge in [0.15, 0.2) is 0 Å². The Morgan fingerprint density at radius 1 is 1.50 bits per heavy atom. The van der Waals surface area contributed by atoms with E-state index in [0.29, 0.717) is 24.5 Å². The average Bonchev–Trinajstić information content (AvgIpc) is 2.38. The molecule has 1 atom stereocenters. The summed E-state index contributed by atoms with van der Waals surface area (Å²) >= 11 is 3.35. The van der Waals surface area contributed by atoms with Gasteiger partial charge in [0.25, 0.3) is 0 Å². The van der Waals surface area contributed by atoms with Crippen LogP contribution in [0, 0.1) is 0 Å². The van der Waals surface area contributed by atoms with Gasteiger partial charge in [-0.3, -0.25) is 4.79 Å². The number of carbonyl (C=O) groups excluding carboxylic acids is 1. The Kier molecular flexibility index (Phi) is 6.11. The lowest BCUT2D eigenvalue weighted by molar-refractivity contribution is -0.117. The molecule has 0 aromatic heterocycles. The highest BCUT2D eigenvalue weighted by molar-refractivity contribution is 9.10. The number of ether oxygens (including phenoxy) is 2. The Balaban J connectivity index is 2.68. The molecule has 0 radical (unpaired) electrons. The lowest BCUT2D eigenvalue weighted by Crippen LogP contribution is -2.36. The van der Waals surface area contributed by atoms with E-state index >= 15 is 0 Å². The van der Waals surface area contributed by atoms with Crippen LogP contribution in [-0.4, -0.2) is 32.8 Å². The summed E-state index contributed by atoms with van der Waals surface area (Å²) in [5, 5.41) is 2.75. The summed E-state index contributed by atoms with van der Waals surface area (Å²) in [6.45, 7) is 0.452. The van der Waals surface area contributed by atoms with Gasteiger partial charge in [0, 0.05) is 24.3 Å². The molecule has 0 bridgehead atoms. The van der Waals surface area contributed by atoms with E-state index < -0.39 is 6.04 Å². The van der Waals surface area contributed by atoms with Gasteiger partial charge < -0.3 is 20.5 Å². The summed E-state index contributed by atoms with van der Waals surface area (Å²) in [5.74, 6) is 0.417. The number of anilines is 1. The first-order valence-electron chi connectivity index (χ1n) is 5.47. The lowest BCUT2D eigenvalue weighted by Gasteiger charge is -2.13. The number of rotatable bonds is 6. The second-order valence-electron chi connectivity index (χ2n) is 3.72. The molecule has 0 aliphatic heterocycles. The van der Waals surface area contributed by atoms with Crippen LogP contribution in [0.1, 0.15) is 6.42 Å². The largest absolute Gasteiger partial charge is 0.497 e. The number of carbonyl (C=O) groups is 1. The number of amides is 1. The number of methoxy groups -OCH3 is 2. The molecule has 1 amide bonds. The number of nitrogens with two attached hydrogens (primary N) is 1. The molecule has 0 saturated heterocycles. The quantitative estimate of drug-likeness (QED) is 0.838. The van der Waals surface area contributed by atoms with E-state index in [2.05, 4.69) is 21.2 Å². The molecule has 18 heavy (non-hydrogen) atoms. The predicted molar refractivity (Wildman–Crippen MR) is 73.8 cm³/mol. The predicted octanol–water partition coefficient (Wildman–Crippen LogP) is 1.76. The Hall–Kier alpha value is -1.11. The number of benzene rings is 1. The molecule has 1 unspecified atom stereocenters. The second-order valence-corrected chi connectivity index (χ2v) is 4.58. The van der Waals surface area contributed by atoms with Gasteiger partial charge in [-0.05, 0) is 34.5 Å². The van der Waals surface area contributed by atoms with Crippen molar-refractivity contribution in [2.24, 2.45) is 5.73 Å². The van der Waals surface area contributed by atoms with Gasteiger partial charge in [0.2, 0.25) is 5.91 Å². The molecule has 1 aromatic rings. The minimum absolute atomic E-state index is 0.249. The lowest BCUT2D eigenvalue weighted by atomic mass is 10.2. The third-order valence-corrected chi connectivity index (χ3v) is 3.09. The van der Waals surface area contributed by atoms with Crippen molar-refractivity contribution in [3.8, 4) is 5.75 Å². The van der Waals surface area contributed by atoms with Crippen molar-refractivity contribution < 1.29 is 14.3 Å². The minimum atomic E-state index is -0.594. The molecule has 1 aromatic carbocycles. The van der Waals surface area contributed by atoms with Crippen molar-refractivity contribution in [3.05, 3.63) is 22.7 Å². The van der Waals surface area contributed by atoms with Crippen LogP contribution in [0.15, 0.2) is 22.7 Å². The highest BCUT2D eigenvalue weighted by Crippen LogP contribution is 2.27. The summed E-state index contributed by atoms with van der Waals surface area (Å²) in [7, 11) is 3.14. The first-order valence-corrected chi connectivity index (χ1v) is 6.26. The van der Waals surface area contributed by atoms with E-state index in [-0.39, 0.29) is 5.91 Å². The normalized spacial score (nSPS) is 12.0. The zero-order valence-corrected chi connectivity index (χ0v) is 12.0. The molecular formula is C12H17BrN2O3. The maximum absolute atomic E-state index is 11.8. The molecule has 1 rings (SSSR count). The van der Waals surface area contributed by atoms with Gasteiger partial charge in [0.05, 0.1) is 18.8 Å². The zero-order chi connectivity index (χ0) is 13.5. The van der Waals surface area contributed by atoms with Crippen LogP contribution < -0.4 is 15.8 Å². The molecule has 100 valence electrons. The summed E-state index contributed by atoms with van der Waals surface area (Å²) < 4.78 is 10.8. The molecule has 0 spiro atoms. The second kappa shape index (κ2) is 7.35. The molecule has 0 aliphatic carbocycles. The summed E-state index contributed by atoms with van der Waals surface area (Å²) in [4.78, 5) is 11.8. The van der Waals surface area contributed by atoms with Crippen molar-refractivity contribution in [2.45, 2.75) is 12.5 Å². The van der Waals surface area contributed by atoms with Gasteiger partial charge in [-0.15, -0.1) is 0 Å². The maximum atomic E-state index is 11.8. The van der Waals surface area contributed by atoms with E-state index in [1.807, 2.05) is 0 Å². The Morgan fingerprint density at radius 3 is 2.83 bits per heavy atom. The molecule has 0 saturated carbocycles. The monoisotopic (exact) mass is 316 g/mol. The zero-order valence-electron chi connectivity index (χ0n) is 10.4. The fourth-order valence-electron chi connectivity index (χ4n) is 1.33. The molecule has 5 nitrogen and oxygen atoms in total. The average molecular weight is 317 g/mol. The van der Waals surface area contributed by atoms with Crippen LogP contribution >= 0.6 is 15.9 Å². The van der Waals surface area contributed by atoms with Crippen molar-refractivity contribution in [3.63, 3.8) is 0 Å². The van der Waals surface area contributed by atoms with Crippen molar-refractivity contribution in [1.82, 2.24) is 0 Å². The topological polar surface area (TPSA) is 73.6 Å². The Morgan fingerprint density at radius 2 is 2.22 bits per heavy atom. The smallest absolute Gasteiger partial charge is 0.241 e. The Labute approximate surface area is 115 Å². The SMILES string of the molecule is COCCC(N)C(=O)Nc1cc(OC)ccc1Br. The maximum Gasteiger partial charge on any atom is 0.241 e. The van der Waals surface area contributed by atoms with Crippen molar-refractivity contribution in [1.29, 1.82) is 0 Å². The standard InChI is InChI=1S/C12H17BrN2O3/c1-17-6-5-10(14)12(16)15-11-7-8(18-2)3-4-9(11)13/h3-4,7,10H,5-6,14H2,1-2H3,(H,15,16). The highest BCUT2D eigenvalue weighted by atomic mass is 79.9. The first-order chi connectivity index (χ1) is 8.58. The molecule has 0 fully saturated rings. The molecule has 0 heterocycles. The molecule has 3 N–H and O–H groups in total. The fraction of sp³-hybridized carbons (Fsp3) is 0.417. The first kappa shape index (κ1) is 14.9. The number of halogens is 1. The molecule has 6 heteroatoms. The number of nitrogens with one attached hydrogen (secondary N) is 1. The van der Waals surface area contributed by atoms with Gasteiger partial charge in [-0.2, -0.15) is 0 Å². The number of hydrogen-bond donors (Lipinski definition) is 2. The summed E-state index contributed by atoms with van der Waals surface area (Å²) in [6, 6.07) is 4.73. The van der Waals surface area contributed by atoms with Crippen LogP contribution in [0.25, 0.3) is 0 Å². The van der Waals surface area contributed by atoms with E-state index in [9.17, 15) is 4.79 Å². The van der Waals surface area contributed by atoms with Crippen LogP contribution in [0.3, 0.4) is 0 Å². The van der Waals surface area contributed by atoms with Crippen LogP contribution in [0.4, 0.5) is 5.69 Å². The van der Waals surface area contributed by atoms with Crippen molar-refractivity contribution >= 4 is 27.5 Å². The minimum Gasteiger partial charge on any atom is -0.497 e. The van der Waals surface area contributed by atoms with Gasteiger partial charge >= 0.3 is 0 Å². The molecule has 0 aliphatic rings. The van der Waals surface area contributed by atoms with Gasteiger partial charge in [-0.25, -0.2) is 0 Å². The third-order valence-electron chi connectivity index (χ3n) is 2.40. The van der Waals surface area contributed by atoms with E-state index in [1.54, 1.807) is 32.4 Å². The van der Waals surface area contributed by atoms with Crippen LogP contribution in [0.5, 0.6) is 5.75 Å². The summed E-state index contributed by atoms with van der Waals surface area (Å²) in [6.07, 6.45) is 0.476. The Bertz CT molecular complexity index is 412. The van der Waals surface area contributed by atoms with Gasteiger partial charge in [-0.1, -0.05) is 0 Å². The summed E-state index contributed by atoms with van der Waals surface area (Å²) in [5.41, 5.74) is 6.36. The number of hydrogen-bond acceptors (Lipinski definition) is 4.